The minimum Gasteiger partial charge on any atom is -0.379 e. The van der Waals surface area contributed by atoms with E-state index < -0.39 is 42.4 Å². The van der Waals surface area contributed by atoms with Crippen LogP contribution < -0.4 is 0 Å². The van der Waals surface area contributed by atoms with Crippen molar-refractivity contribution in [3.63, 3.8) is 0 Å². The Hall–Kier alpha value is -1.77. The Morgan fingerprint density at radius 1 is 1.09 bits per heavy atom. The maximum atomic E-state index is 12.7. The van der Waals surface area contributed by atoms with Gasteiger partial charge in [-0.1, -0.05) is 0 Å². The van der Waals surface area contributed by atoms with Crippen molar-refractivity contribution < 1.29 is 36.2 Å². The van der Waals surface area contributed by atoms with Gasteiger partial charge in [-0.3, -0.25) is 4.79 Å². The molecule has 22 heavy (non-hydrogen) atoms. The molecule has 2 rings (SSSR count). The summed E-state index contributed by atoms with van der Waals surface area (Å²) in [5, 5.41) is 9.48. The monoisotopic (exact) mass is 327 g/mol. The van der Waals surface area contributed by atoms with Crippen LogP contribution in [0.1, 0.15) is 22.3 Å². The molecule has 1 heterocycles. The molecule has 0 radical (unpaired) electrons. The number of aliphatic hydroxyl groups is 1. The highest BCUT2D eigenvalue weighted by Crippen LogP contribution is 2.38. The van der Waals surface area contributed by atoms with Crippen LogP contribution in [0.15, 0.2) is 24.3 Å². The summed E-state index contributed by atoms with van der Waals surface area (Å²) in [4.78, 5) is 12.8. The summed E-state index contributed by atoms with van der Waals surface area (Å²) in [6.07, 6.45) is -10.1. The third kappa shape index (κ3) is 3.03. The average molecular weight is 327 g/mol. The Morgan fingerprint density at radius 2 is 1.64 bits per heavy atom. The van der Waals surface area contributed by atoms with Crippen LogP contribution in [-0.2, 0) is 6.18 Å². The van der Waals surface area contributed by atoms with Crippen LogP contribution in [0.4, 0.5) is 26.3 Å². The Labute approximate surface area is 121 Å². The van der Waals surface area contributed by atoms with Gasteiger partial charge in [0.15, 0.2) is 5.60 Å². The number of hydrogen-bond donors (Lipinski definition) is 1. The summed E-state index contributed by atoms with van der Waals surface area (Å²) in [6.45, 7) is -1.26. The fourth-order valence-corrected chi connectivity index (χ4v) is 2.18. The molecule has 1 saturated heterocycles. The maximum absolute atomic E-state index is 12.7. The van der Waals surface area contributed by atoms with Gasteiger partial charge in [0, 0.05) is 18.5 Å². The lowest BCUT2D eigenvalue weighted by Crippen LogP contribution is -2.48. The summed E-state index contributed by atoms with van der Waals surface area (Å²) in [7, 11) is 0. The highest BCUT2D eigenvalue weighted by Gasteiger charge is 2.57. The van der Waals surface area contributed by atoms with Crippen LogP contribution in [0.25, 0.3) is 0 Å². The van der Waals surface area contributed by atoms with Crippen molar-refractivity contribution in [2.24, 2.45) is 0 Å². The number of nitrogens with zero attached hydrogens (tertiary/aromatic N) is 1. The number of amides is 1. The van der Waals surface area contributed by atoms with E-state index in [9.17, 15) is 36.2 Å². The Bertz CT molecular complexity index is 565. The molecule has 1 fully saturated rings. The van der Waals surface area contributed by atoms with E-state index in [1.165, 1.54) is 0 Å². The zero-order valence-electron chi connectivity index (χ0n) is 11.0. The quantitative estimate of drug-likeness (QED) is 0.806. The minimum absolute atomic E-state index is 0.167. The molecule has 1 aliphatic rings. The molecule has 1 atom stereocenters. The molecule has 1 aromatic carbocycles. The molecule has 0 saturated carbocycles. The van der Waals surface area contributed by atoms with Crippen LogP contribution in [0.2, 0.25) is 0 Å². The van der Waals surface area contributed by atoms with E-state index in [4.69, 9.17) is 0 Å². The molecule has 1 unspecified atom stereocenters. The van der Waals surface area contributed by atoms with Crippen LogP contribution in [0.3, 0.4) is 0 Å². The first-order valence-corrected chi connectivity index (χ1v) is 6.20. The molecule has 0 aromatic heterocycles. The van der Waals surface area contributed by atoms with Crippen molar-refractivity contribution in [1.82, 2.24) is 4.90 Å². The summed E-state index contributed by atoms with van der Waals surface area (Å²) < 4.78 is 75.2. The maximum Gasteiger partial charge on any atom is 0.419 e. The van der Waals surface area contributed by atoms with Gasteiger partial charge in [0.25, 0.3) is 5.91 Å². The SMILES string of the molecule is O=C(c1ccc(C(F)(F)F)cc1)N1CCC(O)(C(F)(F)F)C1. The van der Waals surface area contributed by atoms with Crippen molar-refractivity contribution in [1.29, 1.82) is 0 Å². The smallest absolute Gasteiger partial charge is 0.379 e. The zero-order valence-corrected chi connectivity index (χ0v) is 11.0. The first-order chi connectivity index (χ1) is 9.94. The topological polar surface area (TPSA) is 40.5 Å². The van der Waals surface area contributed by atoms with Gasteiger partial charge in [-0.2, -0.15) is 26.3 Å². The van der Waals surface area contributed by atoms with E-state index in [-0.39, 0.29) is 12.1 Å². The lowest BCUT2D eigenvalue weighted by Gasteiger charge is -2.26. The highest BCUT2D eigenvalue weighted by atomic mass is 19.4. The number of carbonyl (C=O) groups is 1. The molecular formula is C13H11F6NO2. The minimum atomic E-state index is -4.87. The lowest BCUT2D eigenvalue weighted by atomic mass is 10.0. The third-order valence-electron chi connectivity index (χ3n) is 3.52. The second kappa shape index (κ2) is 5.15. The number of carbonyl (C=O) groups excluding carboxylic acids is 1. The van der Waals surface area contributed by atoms with Gasteiger partial charge in [0.2, 0.25) is 0 Å². The standard InChI is InChI=1S/C13H11F6NO2/c14-12(15,16)9-3-1-8(2-4-9)10(21)20-6-5-11(22,7-20)13(17,18)19/h1-4,22H,5-7H2. The normalized spacial score (nSPS) is 23.0. The second-order valence-electron chi connectivity index (χ2n) is 5.08. The van der Waals surface area contributed by atoms with Gasteiger partial charge in [-0.05, 0) is 24.3 Å². The summed E-state index contributed by atoms with van der Waals surface area (Å²) in [6, 6.07) is 3.16. The fraction of sp³-hybridized carbons (Fsp3) is 0.462. The van der Waals surface area contributed by atoms with Crippen LogP contribution in [-0.4, -0.2) is 40.8 Å². The van der Waals surface area contributed by atoms with E-state index in [1.807, 2.05) is 0 Å². The molecule has 0 bridgehead atoms. The molecule has 122 valence electrons. The third-order valence-corrected chi connectivity index (χ3v) is 3.52. The Morgan fingerprint density at radius 3 is 2.05 bits per heavy atom. The van der Waals surface area contributed by atoms with E-state index in [1.54, 1.807) is 0 Å². The molecule has 0 spiro atoms. The van der Waals surface area contributed by atoms with Gasteiger partial charge >= 0.3 is 12.4 Å². The predicted molar refractivity (Wildman–Crippen MR) is 63.0 cm³/mol. The van der Waals surface area contributed by atoms with E-state index in [2.05, 4.69) is 0 Å². The lowest BCUT2D eigenvalue weighted by molar-refractivity contribution is -0.253. The van der Waals surface area contributed by atoms with E-state index >= 15 is 0 Å². The van der Waals surface area contributed by atoms with Gasteiger partial charge in [0.05, 0.1) is 12.1 Å². The number of β-amino-alcohol motifs (C(OH)–C–C–N with tert-alkyl or cyclic N) is 1. The number of hydrogen-bond acceptors (Lipinski definition) is 2. The number of alkyl halides is 6. The number of halogens is 6. The van der Waals surface area contributed by atoms with Gasteiger partial charge in [-0.25, -0.2) is 0 Å². The molecule has 1 aromatic rings. The van der Waals surface area contributed by atoms with E-state index in [0.717, 1.165) is 17.0 Å². The predicted octanol–water partition coefficient (Wildman–Crippen LogP) is 2.84. The fourth-order valence-electron chi connectivity index (χ4n) is 2.18. The molecule has 0 aliphatic carbocycles. The molecule has 1 N–H and O–H groups in total. The molecule has 1 aliphatic heterocycles. The second-order valence-corrected chi connectivity index (χ2v) is 5.08. The van der Waals surface area contributed by atoms with Crippen LogP contribution in [0.5, 0.6) is 0 Å². The van der Waals surface area contributed by atoms with Gasteiger partial charge in [0.1, 0.15) is 0 Å². The van der Waals surface area contributed by atoms with Gasteiger partial charge < -0.3 is 10.0 Å². The number of likely N-dealkylation sites (tertiary alicyclic amines) is 1. The largest absolute Gasteiger partial charge is 0.419 e. The zero-order chi connectivity index (χ0) is 16.8. The van der Waals surface area contributed by atoms with Crippen molar-refractivity contribution in [2.45, 2.75) is 24.4 Å². The number of rotatable bonds is 1. The summed E-state index contributed by atoms with van der Waals surface area (Å²) >= 11 is 0. The van der Waals surface area contributed by atoms with Crippen molar-refractivity contribution in [2.75, 3.05) is 13.1 Å². The Balaban J connectivity index is 2.14. The first-order valence-electron chi connectivity index (χ1n) is 6.20. The van der Waals surface area contributed by atoms with Crippen molar-refractivity contribution in [3.8, 4) is 0 Å². The molecule has 3 nitrogen and oxygen atoms in total. The number of benzene rings is 1. The van der Waals surface area contributed by atoms with Crippen LogP contribution >= 0.6 is 0 Å². The molecule has 1 amide bonds. The Kier molecular flexibility index (Phi) is 3.88. The molecular weight excluding hydrogens is 316 g/mol. The summed E-state index contributed by atoms with van der Waals surface area (Å²) in [5.41, 5.74) is -4.11. The van der Waals surface area contributed by atoms with Crippen molar-refractivity contribution >= 4 is 5.91 Å². The van der Waals surface area contributed by atoms with Crippen LogP contribution in [0, 0.1) is 0 Å². The van der Waals surface area contributed by atoms with Crippen molar-refractivity contribution in [3.05, 3.63) is 35.4 Å². The average Bonchev–Trinajstić information content (AvgIpc) is 2.81. The highest BCUT2D eigenvalue weighted by molar-refractivity contribution is 5.94. The van der Waals surface area contributed by atoms with E-state index in [0.29, 0.717) is 12.1 Å². The first kappa shape index (κ1) is 16.6. The molecule has 9 heteroatoms. The van der Waals surface area contributed by atoms with Gasteiger partial charge in [-0.15, -0.1) is 0 Å². The summed E-state index contributed by atoms with van der Waals surface area (Å²) in [5.74, 6) is -0.853.